The summed E-state index contributed by atoms with van der Waals surface area (Å²) in [4.78, 5) is 47.2. The first kappa shape index (κ1) is 20.8. The van der Waals surface area contributed by atoms with Crippen molar-refractivity contribution in [3.05, 3.63) is 69.2 Å². The third kappa shape index (κ3) is 5.52. The molecule has 0 aliphatic carbocycles. The van der Waals surface area contributed by atoms with Crippen molar-refractivity contribution in [1.29, 1.82) is 0 Å². The number of carbonyl (C=O) groups is 3. The molecule has 2 rings (SSSR count). The van der Waals surface area contributed by atoms with E-state index in [0.717, 1.165) is 6.07 Å². The molecule has 0 aliphatic heterocycles. The van der Waals surface area contributed by atoms with Crippen LogP contribution in [0.4, 0.5) is 11.4 Å². The molecule has 0 unspecified atom stereocenters. The number of benzene rings is 2. The van der Waals surface area contributed by atoms with E-state index in [0.29, 0.717) is 5.69 Å². The summed E-state index contributed by atoms with van der Waals surface area (Å²) in [6.07, 6.45) is 0. The van der Waals surface area contributed by atoms with E-state index in [4.69, 9.17) is 16.3 Å². The molecule has 9 nitrogen and oxygen atoms in total. The van der Waals surface area contributed by atoms with E-state index in [1.807, 2.05) is 0 Å². The third-order valence-corrected chi connectivity index (χ3v) is 3.99. The maximum absolute atomic E-state index is 12.0. The van der Waals surface area contributed by atoms with Gasteiger partial charge < -0.3 is 15.0 Å². The highest BCUT2D eigenvalue weighted by molar-refractivity contribution is 6.32. The van der Waals surface area contributed by atoms with E-state index in [2.05, 4.69) is 5.32 Å². The number of esters is 1. The first-order chi connectivity index (χ1) is 13.3. The first-order valence-electron chi connectivity index (χ1n) is 7.99. The van der Waals surface area contributed by atoms with Crippen LogP contribution < -0.4 is 10.2 Å². The number of amides is 2. The van der Waals surface area contributed by atoms with Crippen LogP contribution in [0.3, 0.4) is 0 Å². The van der Waals surface area contributed by atoms with Crippen molar-refractivity contribution in [3.8, 4) is 0 Å². The van der Waals surface area contributed by atoms with E-state index >= 15 is 0 Å². The highest BCUT2D eigenvalue weighted by Crippen LogP contribution is 2.24. The van der Waals surface area contributed by atoms with Crippen LogP contribution in [0.5, 0.6) is 0 Å². The molecule has 146 valence electrons. The van der Waals surface area contributed by atoms with Crippen LogP contribution in [0.2, 0.25) is 5.02 Å². The van der Waals surface area contributed by atoms with Gasteiger partial charge in [0.05, 0.1) is 4.92 Å². The van der Waals surface area contributed by atoms with Gasteiger partial charge in [0.2, 0.25) is 0 Å². The van der Waals surface area contributed by atoms with Crippen molar-refractivity contribution in [2.75, 3.05) is 25.1 Å². The number of hydrogen-bond donors (Lipinski definition) is 1. The quantitative estimate of drug-likeness (QED) is 0.428. The summed E-state index contributed by atoms with van der Waals surface area (Å²) in [7, 11) is 1.54. The van der Waals surface area contributed by atoms with Crippen LogP contribution in [-0.4, -0.2) is 42.9 Å². The fourth-order valence-electron chi connectivity index (χ4n) is 2.13. The van der Waals surface area contributed by atoms with Crippen LogP contribution in [0.15, 0.2) is 48.5 Å². The van der Waals surface area contributed by atoms with Crippen molar-refractivity contribution >= 4 is 40.8 Å². The Hall–Kier alpha value is -3.46. The second-order valence-electron chi connectivity index (χ2n) is 5.55. The van der Waals surface area contributed by atoms with Crippen LogP contribution in [0.1, 0.15) is 10.4 Å². The SMILES string of the molecule is CN(C(=O)COC(=O)CNC(=O)c1ccc(Cl)c([N+](=O)[O-])c1)c1ccccc1. The minimum Gasteiger partial charge on any atom is -0.454 e. The summed E-state index contributed by atoms with van der Waals surface area (Å²) >= 11 is 5.68. The Labute approximate surface area is 165 Å². The lowest BCUT2D eigenvalue weighted by Crippen LogP contribution is -2.34. The van der Waals surface area contributed by atoms with Gasteiger partial charge in [-0.3, -0.25) is 24.5 Å². The Morgan fingerprint density at radius 3 is 2.50 bits per heavy atom. The number of likely N-dealkylation sites (N-methyl/N-ethyl adjacent to an activating group) is 1. The van der Waals surface area contributed by atoms with E-state index < -0.39 is 41.5 Å². The number of rotatable bonds is 7. The van der Waals surface area contributed by atoms with Gasteiger partial charge in [0.25, 0.3) is 17.5 Å². The van der Waals surface area contributed by atoms with E-state index in [1.54, 1.807) is 37.4 Å². The molecule has 0 spiro atoms. The first-order valence-corrected chi connectivity index (χ1v) is 8.36. The predicted octanol–water partition coefficient (Wildman–Crippen LogP) is 2.18. The zero-order valence-electron chi connectivity index (χ0n) is 14.8. The topological polar surface area (TPSA) is 119 Å². The number of nitrogens with one attached hydrogen (secondary N) is 1. The number of nitro groups is 1. The number of anilines is 1. The van der Waals surface area contributed by atoms with Gasteiger partial charge in [0, 0.05) is 24.4 Å². The zero-order chi connectivity index (χ0) is 20.7. The average molecular weight is 406 g/mol. The van der Waals surface area contributed by atoms with Crippen molar-refractivity contribution in [3.63, 3.8) is 0 Å². The molecular formula is C18H16ClN3O6. The molecule has 0 saturated heterocycles. The number of nitro benzene ring substituents is 1. The molecule has 0 bridgehead atoms. The van der Waals surface area contributed by atoms with Gasteiger partial charge in [0.1, 0.15) is 11.6 Å². The summed E-state index contributed by atoms with van der Waals surface area (Å²) in [5, 5.41) is 13.0. The van der Waals surface area contributed by atoms with Crippen molar-refractivity contribution in [1.82, 2.24) is 5.32 Å². The lowest BCUT2D eigenvalue weighted by Gasteiger charge is -2.17. The van der Waals surface area contributed by atoms with Crippen LogP contribution in [-0.2, 0) is 14.3 Å². The van der Waals surface area contributed by atoms with E-state index in [-0.39, 0.29) is 10.6 Å². The second kappa shape index (κ2) is 9.47. The number of halogens is 1. The molecule has 0 radical (unpaired) electrons. The monoisotopic (exact) mass is 405 g/mol. The summed E-state index contributed by atoms with van der Waals surface area (Å²) in [6, 6.07) is 12.3. The van der Waals surface area contributed by atoms with E-state index in [1.165, 1.54) is 17.0 Å². The number of carbonyl (C=O) groups excluding carboxylic acids is 3. The molecule has 10 heteroatoms. The molecule has 0 saturated carbocycles. The lowest BCUT2D eigenvalue weighted by molar-refractivity contribution is -0.384. The fourth-order valence-corrected chi connectivity index (χ4v) is 2.32. The number of hydrogen-bond acceptors (Lipinski definition) is 6. The van der Waals surface area contributed by atoms with Gasteiger partial charge >= 0.3 is 5.97 Å². The van der Waals surface area contributed by atoms with Crippen LogP contribution >= 0.6 is 11.6 Å². The Morgan fingerprint density at radius 2 is 1.86 bits per heavy atom. The molecule has 2 amide bonds. The van der Waals surface area contributed by atoms with Crippen LogP contribution in [0, 0.1) is 10.1 Å². The van der Waals surface area contributed by atoms with Gasteiger partial charge in [-0.15, -0.1) is 0 Å². The standard InChI is InChI=1S/C18H16ClN3O6/c1-21(13-5-3-2-4-6-13)16(23)11-28-17(24)10-20-18(25)12-7-8-14(19)15(9-12)22(26)27/h2-9H,10-11H2,1H3,(H,20,25). The Kier molecular flexibility index (Phi) is 7.05. The van der Waals surface area contributed by atoms with E-state index in [9.17, 15) is 24.5 Å². The summed E-state index contributed by atoms with van der Waals surface area (Å²) < 4.78 is 4.84. The van der Waals surface area contributed by atoms with Crippen molar-refractivity contribution in [2.24, 2.45) is 0 Å². The number of nitrogens with zero attached hydrogens (tertiary/aromatic N) is 2. The Bertz CT molecular complexity index is 903. The molecule has 2 aromatic rings. The molecule has 0 aliphatic rings. The zero-order valence-corrected chi connectivity index (χ0v) is 15.5. The molecule has 1 N–H and O–H groups in total. The molecule has 2 aromatic carbocycles. The predicted molar refractivity (Wildman–Crippen MR) is 101 cm³/mol. The lowest BCUT2D eigenvalue weighted by atomic mass is 10.2. The Morgan fingerprint density at radius 1 is 1.18 bits per heavy atom. The highest BCUT2D eigenvalue weighted by Gasteiger charge is 2.18. The summed E-state index contributed by atoms with van der Waals surface area (Å²) in [5.41, 5.74) is 0.177. The van der Waals surface area contributed by atoms with Crippen LogP contribution in [0.25, 0.3) is 0 Å². The Balaban J connectivity index is 1.84. The maximum Gasteiger partial charge on any atom is 0.325 e. The molecular weight excluding hydrogens is 390 g/mol. The molecule has 0 fully saturated rings. The summed E-state index contributed by atoms with van der Waals surface area (Å²) in [6.45, 7) is -0.996. The molecule has 0 heterocycles. The third-order valence-electron chi connectivity index (χ3n) is 3.67. The van der Waals surface area contributed by atoms with Crippen molar-refractivity contribution in [2.45, 2.75) is 0 Å². The van der Waals surface area contributed by atoms with Gasteiger partial charge in [-0.25, -0.2) is 0 Å². The largest absolute Gasteiger partial charge is 0.454 e. The molecule has 0 aromatic heterocycles. The van der Waals surface area contributed by atoms with Gasteiger partial charge in [0.15, 0.2) is 6.61 Å². The molecule has 0 atom stereocenters. The highest BCUT2D eigenvalue weighted by atomic mass is 35.5. The normalized spacial score (nSPS) is 10.1. The fraction of sp³-hybridized carbons (Fsp3) is 0.167. The van der Waals surface area contributed by atoms with Gasteiger partial charge in [-0.05, 0) is 24.3 Å². The number of ether oxygens (including phenoxy) is 1. The smallest absolute Gasteiger partial charge is 0.325 e. The minimum absolute atomic E-state index is 0.0382. The van der Waals surface area contributed by atoms with Gasteiger partial charge in [-0.2, -0.15) is 0 Å². The second-order valence-corrected chi connectivity index (χ2v) is 5.96. The average Bonchev–Trinajstić information content (AvgIpc) is 2.70. The van der Waals surface area contributed by atoms with Crippen molar-refractivity contribution < 1.29 is 24.0 Å². The molecule has 28 heavy (non-hydrogen) atoms. The number of para-hydroxylation sites is 1. The van der Waals surface area contributed by atoms with Gasteiger partial charge in [-0.1, -0.05) is 29.8 Å². The maximum atomic E-state index is 12.0. The summed E-state index contributed by atoms with van der Waals surface area (Å²) in [5.74, 6) is -1.99. The minimum atomic E-state index is -0.827.